The third-order valence-corrected chi connectivity index (χ3v) is 4.33. The van der Waals surface area contributed by atoms with Crippen LogP contribution in [0.5, 0.6) is 0 Å². The minimum absolute atomic E-state index is 0.0493. The number of carbonyl (C=O) groups excluding carboxylic acids is 2. The van der Waals surface area contributed by atoms with Gasteiger partial charge < -0.3 is 9.84 Å². The first-order valence-corrected chi connectivity index (χ1v) is 6.72. The zero-order valence-electron chi connectivity index (χ0n) is 11.2. The molecule has 4 heteroatoms. The van der Waals surface area contributed by atoms with E-state index in [-0.39, 0.29) is 24.3 Å². The third kappa shape index (κ3) is 2.04. The van der Waals surface area contributed by atoms with E-state index in [4.69, 9.17) is 4.74 Å². The van der Waals surface area contributed by atoms with Gasteiger partial charge in [-0.1, -0.05) is 18.2 Å². The summed E-state index contributed by atoms with van der Waals surface area (Å²) < 4.78 is 5.10. The predicted octanol–water partition coefficient (Wildman–Crippen LogP) is 1.50. The number of aliphatic hydroxyl groups excluding tert-OH is 1. The Morgan fingerprint density at radius 2 is 2.42 bits per heavy atom. The molecule has 3 rings (SSSR count). The lowest BCUT2D eigenvalue weighted by Gasteiger charge is -2.48. The summed E-state index contributed by atoms with van der Waals surface area (Å²) in [5.74, 6) is -1.26. The minimum atomic E-state index is -0.865. The first-order valence-electron chi connectivity index (χ1n) is 6.72. The van der Waals surface area contributed by atoms with E-state index in [0.717, 1.165) is 0 Å². The van der Waals surface area contributed by atoms with Crippen LogP contribution in [0.4, 0.5) is 0 Å². The molecule has 0 heterocycles. The average molecular weight is 264 g/mol. The largest absolute Gasteiger partial charge is 0.466 e. The molecule has 1 saturated carbocycles. The lowest BCUT2D eigenvalue weighted by molar-refractivity contribution is -0.163. The summed E-state index contributed by atoms with van der Waals surface area (Å²) in [4.78, 5) is 24.7. The number of esters is 1. The summed E-state index contributed by atoms with van der Waals surface area (Å²) in [6, 6.07) is 0. The molecule has 1 fully saturated rings. The number of rotatable bonds is 5. The summed E-state index contributed by atoms with van der Waals surface area (Å²) in [6.45, 7) is 5.59. The van der Waals surface area contributed by atoms with Gasteiger partial charge in [0.05, 0.1) is 24.5 Å². The number of hydrogen-bond donors (Lipinski definition) is 1. The van der Waals surface area contributed by atoms with Crippen molar-refractivity contribution in [2.45, 2.75) is 19.8 Å². The minimum Gasteiger partial charge on any atom is -0.466 e. The summed E-state index contributed by atoms with van der Waals surface area (Å²) in [5.41, 5.74) is -0.865. The number of hydrogen-bond acceptors (Lipinski definition) is 4. The van der Waals surface area contributed by atoms with Gasteiger partial charge in [-0.15, -0.1) is 6.58 Å². The molecule has 3 aliphatic carbocycles. The third-order valence-electron chi connectivity index (χ3n) is 4.33. The molecule has 1 unspecified atom stereocenters. The lowest BCUT2D eigenvalue weighted by Crippen LogP contribution is -2.55. The Morgan fingerprint density at radius 1 is 1.68 bits per heavy atom. The van der Waals surface area contributed by atoms with Crippen molar-refractivity contribution >= 4 is 11.8 Å². The molecular weight excluding hydrogens is 244 g/mol. The molecule has 0 radical (unpaired) electrons. The number of fused-ring (bicyclic) bond motifs is 2. The zero-order valence-corrected chi connectivity index (χ0v) is 11.2. The first-order chi connectivity index (χ1) is 9.10. The lowest BCUT2D eigenvalue weighted by atomic mass is 9.53. The molecule has 2 bridgehead atoms. The van der Waals surface area contributed by atoms with Crippen LogP contribution in [-0.2, 0) is 14.3 Å². The second-order valence-corrected chi connectivity index (χ2v) is 5.25. The normalized spacial score (nSPS) is 36.3. The summed E-state index contributed by atoms with van der Waals surface area (Å²) in [5, 5.41) is 9.40. The maximum absolute atomic E-state index is 12.6. The standard InChI is InChI=1S/C15H20O4/c1-3-6-15-7-5-10(11(9-16)13(15)17)8-12(15)14(18)19-4-2/h3,5,7,10-12,16H,1,4,6,8-9H2,2H3/t10-,11?,12-,15+/m1/s1. The molecule has 0 aliphatic heterocycles. The van der Waals surface area contributed by atoms with Crippen LogP contribution in [-0.4, -0.2) is 30.1 Å². The number of aliphatic hydroxyl groups is 1. The van der Waals surface area contributed by atoms with Gasteiger partial charge in [0.2, 0.25) is 0 Å². The van der Waals surface area contributed by atoms with Crippen LogP contribution in [0.25, 0.3) is 0 Å². The van der Waals surface area contributed by atoms with Crippen molar-refractivity contribution in [3.8, 4) is 0 Å². The fourth-order valence-corrected chi connectivity index (χ4v) is 3.38. The van der Waals surface area contributed by atoms with Gasteiger partial charge in [-0.2, -0.15) is 0 Å². The van der Waals surface area contributed by atoms with Crippen LogP contribution in [0.3, 0.4) is 0 Å². The quantitative estimate of drug-likeness (QED) is 0.603. The van der Waals surface area contributed by atoms with E-state index in [1.807, 2.05) is 12.2 Å². The van der Waals surface area contributed by atoms with Crippen molar-refractivity contribution in [3.05, 3.63) is 24.8 Å². The highest BCUT2D eigenvalue weighted by molar-refractivity contribution is 5.96. The molecule has 19 heavy (non-hydrogen) atoms. The van der Waals surface area contributed by atoms with Crippen molar-refractivity contribution in [3.63, 3.8) is 0 Å². The molecule has 0 aromatic heterocycles. The van der Waals surface area contributed by atoms with Gasteiger partial charge in [0.15, 0.2) is 0 Å². The smallest absolute Gasteiger partial charge is 0.310 e. The molecule has 0 spiro atoms. The van der Waals surface area contributed by atoms with Gasteiger partial charge in [0.25, 0.3) is 0 Å². The van der Waals surface area contributed by atoms with E-state index in [0.29, 0.717) is 19.4 Å². The van der Waals surface area contributed by atoms with Crippen molar-refractivity contribution < 1.29 is 19.4 Å². The van der Waals surface area contributed by atoms with Gasteiger partial charge in [0.1, 0.15) is 5.78 Å². The SMILES string of the molecule is C=CC[C@]12C=C[C@H](C[C@@H]1C(=O)OCC)C(CO)C2=O. The van der Waals surface area contributed by atoms with E-state index in [1.165, 1.54) is 0 Å². The van der Waals surface area contributed by atoms with E-state index < -0.39 is 17.3 Å². The van der Waals surface area contributed by atoms with Crippen molar-refractivity contribution in [2.75, 3.05) is 13.2 Å². The molecule has 104 valence electrons. The number of carbonyl (C=O) groups is 2. The Kier molecular flexibility index (Phi) is 3.90. The number of Topliss-reactive ketones (excluding diaryl/α,β-unsaturated/α-hetero) is 1. The van der Waals surface area contributed by atoms with Gasteiger partial charge in [-0.3, -0.25) is 9.59 Å². The predicted molar refractivity (Wildman–Crippen MR) is 70.2 cm³/mol. The first kappa shape index (κ1) is 14.0. The monoisotopic (exact) mass is 264 g/mol. The topological polar surface area (TPSA) is 63.6 Å². The molecule has 4 nitrogen and oxygen atoms in total. The van der Waals surface area contributed by atoms with Crippen molar-refractivity contribution in [2.24, 2.45) is 23.2 Å². The van der Waals surface area contributed by atoms with Crippen LogP contribution >= 0.6 is 0 Å². The Bertz CT molecular complexity index is 426. The summed E-state index contributed by atoms with van der Waals surface area (Å²) in [7, 11) is 0. The van der Waals surface area contributed by atoms with Gasteiger partial charge in [0, 0.05) is 5.92 Å². The van der Waals surface area contributed by atoms with Crippen LogP contribution < -0.4 is 0 Å². The van der Waals surface area contributed by atoms with E-state index in [1.54, 1.807) is 13.0 Å². The number of ether oxygens (including phenoxy) is 1. The Labute approximate surface area is 113 Å². The molecule has 1 N–H and O–H groups in total. The maximum Gasteiger partial charge on any atom is 0.310 e. The number of ketones is 1. The Hall–Kier alpha value is -1.42. The van der Waals surface area contributed by atoms with Crippen LogP contribution in [0.15, 0.2) is 24.8 Å². The molecule has 3 aliphatic rings. The highest BCUT2D eigenvalue weighted by Gasteiger charge is 2.57. The highest BCUT2D eigenvalue weighted by Crippen LogP contribution is 2.52. The van der Waals surface area contributed by atoms with Gasteiger partial charge in [-0.05, 0) is 25.7 Å². The Balaban J connectivity index is 2.38. The molecule has 0 amide bonds. The van der Waals surface area contributed by atoms with Crippen LogP contribution in [0.1, 0.15) is 19.8 Å². The van der Waals surface area contributed by atoms with E-state index >= 15 is 0 Å². The van der Waals surface area contributed by atoms with Gasteiger partial charge >= 0.3 is 5.97 Å². The number of allylic oxidation sites excluding steroid dienone is 3. The molecular formula is C15H20O4. The van der Waals surface area contributed by atoms with E-state index in [9.17, 15) is 14.7 Å². The molecule has 0 saturated heterocycles. The van der Waals surface area contributed by atoms with Crippen LogP contribution in [0, 0.1) is 23.2 Å². The maximum atomic E-state index is 12.6. The van der Waals surface area contributed by atoms with Crippen LogP contribution in [0.2, 0.25) is 0 Å². The Morgan fingerprint density at radius 3 is 3.00 bits per heavy atom. The zero-order chi connectivity index (χ0) is 14.0. The van der Waals surface area contributed by atoms with Crippen molar-refractivity contribution in [1.82, 2.24) is 0 Å². The second kappa shape index (κ2) is 5.29. The fourth-order valence-electron chi connectivity index (χ4n) is 3.38. The average Bonchev–Trinajstić information content (AvgIpc) is 2.40. The molecule has 0 aromatic rings. The molecule has 0 aromatic carbocycles. The highest BCUT2D eigenvalue weighted by atomic mass is 16.5. The summed E-state index contributed by atoms with van der Waals surface area (Å²) >= 11 is 0. The van der Waals surface area contributed by atoms with Gasteiger partial charge in [-0.25, -0.2) is 0 Å². The fraction of sp³-hybridized carbons (Fsp3) is 0.600. The summed E-state index contributed by atoms with van der Waals surface area (Å²) in [6.07, 6.45) is 6.43. The molecule has 4 atom stereocenters. The second-order valence-electron chi connectivity index (χ2n) is 5.25. The van der Waals surface area contributed by atoms with E-state index in [2.05, 4.69) is 6.58 Å². The van der Waals surface area contributed by atoms with Crippen molar-refractivity contribution in [1.29, 1.82) is 0 Å².